The Kier molecular flexibility index (Phi) is 4.43. The second kappa shape index (κ2) is 6.67. The summed E-state index contributed by atoms with van der Waals surface area (Å²) in [7, 11) is 0. The number of hydrogen-bond donors (Lipinski definition) is 3. The van der Waals surface area contributed by atoms with Crippen molar-refractivity contribution < 1.29 is 9.90 Å². The van der Waals surface area contributed by atoms with E-state index >= 15 is 0 Å². The van der Waals surface area contributed by atoms with Gasteiger partial charge in [-0.15, -0.1) is 11.8 Å². The summed E-state index contributed by atoms with van der Waals surface area (Å²) < 4.78 is 0. The van der Waals surface area contributed by atoms with Gasteiger partial charge in [0.05, 0.1) is 17.5 Å². The number of aryl methyl sites for hydroxylation is 1. The van der Waals surface area contributed by atoms with Gasteiger partial charge in [-0.25, -0.2) is 14.8 Å². The molecule has 0 saturated heterocycles. The lowest BCUT2D eigenvalue weighted by molar-refractivity contribution is 0.0697. The van der Waals surface area contributed by atoms with Gasteiger partial charge in [0.2, 0.25) is 5.95 Å². The fourth-order valence-electron chi connectivity index (χ4n) is 2.07. The first-order valence-corrected chi connectivity index (χ1v) is 8.02. The Labute approximate surface area is 141 Å². The van der Waals surface area contributed by atoms with E-state index in [1.54, 1.807) is 42.2 Å². The first kappa shape index (κ1) is 15.9. The summed E-state index contributed by atoms with van der Waals surface area (Å²) in [5.41, 5.74) is 13.2. The lowest BCUT2D eigenvalue weighted by atomic mass is 10.2. The molecule has 3 aromatic rings. The highest BCUT2D eigenvalue weighted by Crippen LogP contribution is 2.20. The first-order valence-electron chi connectivity index (χ1n) is 7.03. The molecule has 0 atom stereocenters. The minimum Gasteiger partial charge on any atom is -0.478 e. The van der Waals surface area contributed by atoms with Crippen LogP contribution < -0.4 is 11.5 Å². The SMILES string of the molecule is Nc1nc(N)c2nc(CCSc3ccc(C(=O)O)cc3)cnc2n1. The third kappa shape index (κ3) is 3.51. The number of anilines is 2. The highest BCUT2D eigenvalue weighted by Gasteiger charge is 2.08. The van der Waals surface area contributed by atoms with Crippen LogP contribution in [0.2, 0.25) is 0 Å². The van der Waals surface area contributed by atoms with E-state index in [9.17, 15) is 4.79 Å². The molecule has 9 heteroatoms. The monoisotopic (exact) mass is 342 g/mol. The van der Waals surface area contributed by atoms with E-state index in [0.717, 1.165) is 16.3 Å². The Morgan fingerprint density at radius 3 is 2.58 bits per heavy atom. The number of thioether (sulfide) groups is 1. The molecule has 0 saturated carbocycles. The third-order valence-electron chi connectivity index (χ3n) is 3.23. The molecule has 8 nitrogen and oxygen atoms in total. The van der Waals surface area contributed by atoms with E-state index in [1.165, 1.54) is 0 Å². The summed E-state index contributed by atoms with van der Waals surface area (Å²) in [6, 6.07) is 6.75. The molecule has 122 valence electrons. The minimum atomic E-state index is -0.932. The number of benzene rings is 1. The summed E-state index contributed by atoms with van der Waals surface area (Å²) >= 11 is 1.60. The number of aromatic nitrogens is 4. The Hall–Kier alpha value is -2.94. The zero-order valence-electron chi connectivity index (χ0n) is 12.5. The molecule has 2 aromatic heterocycles. The molecule has 24 heavy (non-hydrogen) atoms. The molecule has 1 aromatic carbocycles. The summed E-state index contributed by atoms with van der Waals surface area (Å²) in [4.78, 5) is 28.3. The number of nitrogens with zero attached hydrogens (tertiary/aromatic N) is 4. The van der Waals surface area contributed by atoms with Crippen molar-refractivity contribution in [3.05, 3.63) is 41.7 Å². The van der Waals surface area contributed by atoms with Crippen molar-refractivity contribution in [3.8, 4) is 0 Å². The summed E-state index contributed by atoms with van der Waals surface area (Å²) in [5.74, 6) is 0.118. The molecule has 3 rings (SSSR count). The molecule has 0 aliphatic rings. The molecule has 0 fully saturated rings. The van der Waals surface area contributed by atoms with E-state index in [-0.39, 0.29) is 17.3 Å². The van der Waals surface area contributed by atoms with Crippen LogP contribution in [0.3, 0.4) is 0 Å². The largest absolute Gasteiger partial charge is 0.478 e. The number of aromatic carboxylic acids is 1. The molecular formula is C15H14N6O2S. The number of fused-ring (bicyclic) bond motifs is 1. The molecule has 0 spiro atoms. The maximum Gasteiger partial charge on any atom is 0.335 e. The van der Waals surface area contributed by atoms with Gasteiger partial charge in [0, 0.05) is 17.1 Å². The second-order valence-corrected chi connectivity index (χ2v) is 6.10. The van der Waals surface area contributed by atoms with Gasteiger partial charge in [0.25, 0.3) is 0 Å². The lowest BCUT2D eigenvalue weighted by Gasteiger charge is -2.05. The first-order chi connectivity index (χ1) is 11.5. The number of carboxylic acid groups (broad SMARTS) is 1. The van der Waals surface area contributed by atoms with Crippen molar-refractivity contribution >= 4 is 40.7 Å². The van der Waals surface area contributed by atoms with Crippen molar-refractivity contribution in [2.45, 2.75) is 11.3 Å². The predicted octanol–water partition coefficient (Wildman–Crippen LogP) is 1.62. The van der Waals surface area contributed by atoms with Crippen molar-refractivity contribution in [2.75, 3.05) is 17.2 Å². The van der Waals surface area contributed by atoms with E-state index in [2.05, 4.69) is 19.9 Å². The van der Waals surface area contributed by atoms with Gasteiger partial charge >= 0.3 is 5.97 Å². The van der Waals surface area contributed by atoms with Crippen LogP contribution in [0.25, 0.3) is 11.2 Å². The second-order valence-electron chi connectivity index (χ2n) is 4.93. The fourth-order valence-corrected chi connectivity index (χ4v) is 2.95. The molecule has 5 N–H and O–H groups in total. The number of nitrogens with two attached hydrogens (primary N) is 2. The van der Waals surface area contributed by atoms with Crippen LogP contribution in [0.1, 0.15) is 16.1 Å². The van der Waals surface area contributed by atoms with Gasteiger partial charge in [-0.3, -0.25) is 0 Å². The van der Waals surface area contributed by atoms with Crippen LogP contribution in [0.5, 0.6) is 0 Å². The molecular weight excluding hydrogens is 328 g/mol. The van der Waals surface area contributed by atoms with Gasteiger partial charge < -0.3 is 16.6 Å². The molecule has 2 heterocycles. The Morgan fingerprint density at radius 1 is 1.12 bits per heavy atom. The van der Waals surface area contributed by atoms with E-state index < -0.39 is 5.97 Å². The van der Waals surface area contributed by atoms with Crippen LogP contribution in [0.15, 0.2) is 35.4 Å². The number of hydrogen-bond acceptors (Lipinski definition) is 8. The van der Waals surface area contributed by atoms with Crippen LogP contribution >= 0.6 is 11.8 Å². The zero-order chi connectivity index (χ0) is 17.1. The summed E-state index contributed by atoms with van der Waals surface area (Å²) in [5, 5.41) is 8.88. The highest BCUT2D eigenvalue weighted by molar-refractivity contribution is 7.99. The fraction of sp³-hybridized carbons (Fsp3) is 0.133. The van der Waals surface area contributed by atoms with Crippen LogP contribution in [0, 0.1) is 0 Å². The quantitative estimate of drug-likeness (QED) is 0.589. The average molecular weight is 342 g/mol. The van der Waals surface area contributed by atoms with Gasteiger partial charge in [0.15, 0.2) is 17.0 Å². The van der Waals surface area contributed by atoms with Crippen molar-refractivity contribution in [3.63, 3.8) is 0 Å². The maximum atomic E-state index is 10.8. The standard InChI is InChI=1S/C15H14N6O2S/c16-12-11-13(21-15(17)20-12)18-7-9(19-11)5-6-24-10-3-1-8(2-4-10)14(22)23/h1-4,7H,5-6H2,(H,22,23)(H4,16,17,18,20,21). The number of rotatable bonds is 5. The molecule has 0 radical (unpaired) electrons. The molecule has 0 aliphatic carbocycles. The normalized spacial score (nSPS) is 10.8. The van der Waals surface area contributed by atoms with Crippen LogP contribution in [-0.2, 0) is 6.42 Å². The van der Waals surface area contributed by atoms with Crippen molar-refractivity contribution in [1.82, 2.24) is 19.9 Å². The number of nitrogen functional groups attached to an aromatic ring is 2. The smallest absolute Gasteiger partial charge is 0.335 e. The third-order valence-corrected chi connectivity index (χ3v) is 4.24. The predicted molar refractivity (Wildman–Crippen MR) is 91.8 cm³/mol. The topological polar surface area (TPSA) is 141 Å². The number of carbonyl (C=O) groups is 1. The highest BCUT2D eigenvalue weighted by atomic mass is 32.2. The zero-order valence-corrected chi connectivity index (χ0v) is 13.3. The van der Waals surface area contributed by atoms with Crippen molar-refractivity contribution in [2.24, 2.45) is 0 Å². The van der Waals surface area contributed by atoms with Gasteiger partial charge in [-0.2, -0.15) is 9.97 Å². The Morgan fingerprint density at radius 2 is 1.88 bits per heavy atom. The summed E-state index contributed by atoms with van der Waals surface area (Å²) in [6.45, 7) is 0. The van der Waals surface area contributed by atoms with E-state index in [4.69, 9.17) is 16.6 Å². The van der Waals surface area contributed by atoms with Gasteiger partial charge in [-0.1, -0.05) is 0 Å². The average Bonchev–Trinajstić information content (AvgIpc) is 2.55. The molecule has 0 unspecified atom stereocenters. The summed E-state index contributed by atoms with van der Waals surface area (Å²) in [6.07, 6.45) is 2.32. The number of carboxylic acids is 1. The minimum absolute atomic E-state index is 0.0717. The maximum absolute atomic E-state index is 10.8. The Balaban J connectivity index is 1.66. The van der Waals surface area contributed by atoms with Gasteiger partial charge in [0.1, 0.15) is 0 Å². The molecule has 0 bridgehead atoms. The Bertz CT molecular complexity index is 900. The van der Waals surface area contributed by atoms with Gasteiger partial charge in [-0.05, 0) is 24.3 Å². The van der Waals surface area contributed by atoms with Crippen LogP contribution in [0.4, 0.5) is 11.8 Å². The van der Waals surface area contributed by atoms with Crippen molar-refractivity contribution in [1.29, 1.82) is 0 Å². The van der Waals surface area contributed by atoms with Crippen LogP contribution in [-0.4, -0.2) is 36.8 Å². The molecule has 0 amide bonds. The van der Waals surface area contributed by atoms with E-state index in [1.807, 2.05) is 0 Å². The lowest BCUT2D eigenvalue weighted by Crippen LogP contribution is -2.04. The molecule has 0 aliphatic heterocycles. The van der Waals surface area contributed by atoms with E-state index in [0.29, 0.717) is 17.6 Å².